The molecule has 29 heavy (non-hydrogen) atoms. The van der Waals surface area contributed by atoms with Crippen molar-refractivity contribution < 1.29 is 32.5 Å². The molecule has 2 heterocycles. The summed E-state index contributed by atoms with van der Waals surface area (Å²) in [6.45, 7) is 2.65. The van der Waals surface area contributed by atoms with E-state index in [1.54, 1.807) is 5.32 Å². The maximum Gasteiger partial charge on any atom is 0.471 e. The number of carbonyl (C=O) groups is 1. The summed E-state index contributed by atoms with van der Waals surface area (Å²) in [7, 11) is 0. The fourth-order valence-electron chi connectivity index (χ4n) is 2.64. The molecule has 158 valence electrons. The Morgan fingerprint density at radius 3 is 2.86 bits per heavy atom. The molecule has 1 aliphatic rings. The second-order valence-corrected chi connectivity index (χ2v) is 5.90. The maximum absolute atomic E-state index is 12.2. The lowest BCUT2D eigenvalue weighted by molar-refractivity contribution is -0.173. The number of amides is 1. The van der Waals surface area contributed by atoms with Crippen LogP contribution in [-0.2, 0) is 14.3 Å². The van der Waals surface area contributed by atoms with Gasteiger partial charge in [-0.25, -0.2) is 4.79 Å². The molecule has 3 unspecified atom stereocenters. The zero-order valence-corrected chi connectivity index (χ0v) is 15.0. The van der Waals surface area contributed by atoms with Crippen molar-refractivity contribution in [2.45, 2.75) is 24.4 Å². The molecule has 1 fully saturated rings. The first-order valence-corrected chi connectivity index (χ1v) is 8.33. The lowest BCUT2D eigenvalue weighted by atomic mass is 10.1. The van der Waals surface area contributed by atoms with Crippen LogP contribution in [0.2, 0.25) is 0 Å². The number of hydrogen-bond acceptors (Lipinski definition) is 6. The number of nitrogens with one attached hydrogen (secondary N) is 2. The summed E-state index contributed by atoms with van der Waals surface area (Å²) in [6.07, 6.45) is -3.86. The van der Waals surface area contributed by atoms with E-state index in [-0.39, 0.29) is 25.4 Å². The minimum Gasteiger partial charge on any atom is -0.394 e. The van der Waals surface area contributed by atoms with E-state index in [0.717, 1.165) is 10.8 Å². The molecule has 3 N–H and O–H groups in total. The number of aromatic nitrogens is 2. The Morgan fingerprint density at radius 1 is 1.52 bits per heavy atom. The zero-order chi connectivity index (χ0) is 21.6. The second kappa shape index (κ2) is 9.55. The highest BCUT2D eigenvalue weighted by molar-refractivity contribution is 5.81. The fourth-order valence-corrected chi connectivity index (χ4v) is 2.64. The number of aliphatic hydroxyl groups excluding tert-OH is 1. The SMILES string of the molecule is C=CCOC1C(CO)OCC1n1cc(C#CCNC(=O)C(F)(F)F)c(=O)[nH]c1=O. The predicted octanol–water partition coefficient (Wildman–Crippen LogP) is -0.930. The van der Waals surface area contributed by atoms with Crippen LogP contribution in [0, 0.1) is 11.8 Å². The van der Waals surface area contributed by atoms with Crippen molar-refractivity contribution in [3.63, 3.8) is 0 Å². The van der Waals surface area contributed by atoms with Crippen molar-refractivity contribution in [3.05, 3.63) is 45.3 Å². The smallest absolute Gasteiger partial charge is 0.394 e. The van der Waals surface area contributed by atoms with E-state index in [4.69, 9.17) is 9.47 Å². The molecule has 0 spiro atoms. The highest BCUT2D eigenvalue weighted by Crippen LogP contribution is 2.26. The summed E-state index contributed by atoms with van der Waals surface area (Å²) < 4.78 is 48.4. The van der Waals surface area contributed by atoms with Crippen LogP contribution in [-0.4, -0.2) is 65.3 Å². The minimum absolute atomic E-state index is 0.00744. The van der Waals surface area contributed by atoms with Crippen LogP contribution in [0.5, 0.6) is 0 Å². The van der Waals surface area contributed by atoms with Gasteiger partial charge in [-0.15, -0.1) is 6.58 Å². The van der Waals surface area contributed by atoms with E-state index in [2.05, 4.69) is 23.4 Å². The molecule has 1 saturated heterocycles. The van der Waals surface area contributed by atoms with Crippen molar-refractivity contribution in [2.75, 3.05) is 26.4 Å². The van der Waals surface area contributed by atoms with E-state index in [1.807, 2.05) is 0 Å². The predicted molar refractivity (Wildman–Crippen MR) is 93.1 cm³/mol. The average Bonchev–Trinajstić information content (AvgIpc) is 3.06. The summed E-state index contributed by atoms with van der Waals surface area (Å²) in [5, 5.41) is 10.9. The van der Waals surface area contributed by atoms with E-state index in [9.17, 15) is 32.7 Å². The van der Waals surface area contributed by atoms with Gasteiger partial charge in [0.25, 0.3) is 5.56 Å². The Morgan fingerprint density at radius 2 is 2.24 bits per heavy atom. The third-order valence-electron chi connectivity index (χ3n) is 3.96. The van der Waals surface area contributed by atoms with Crippen molar-refractivity contribution in [1.82, 2.24) is 14.9 Å². The number of H-pyrrole nitrogens is 1. The number of rotatable bonds is 6. The second-order valence-electron chi connectivity index (χ2n) is 5.90. The fraction of sp³-hybridized carbons (Fsp3) is 0.471. The molecular weight excluding hydrogens is 399 g/mol. The van der Waals surface area contributed by atoms with Crippen LogP contribution in [0.3, 0.4) is 0 Å². The third kappa shape index (κ3) is 5.57. The summed E-state index contributed by atoms with van der Waals surface area (Å²) >= 11 is 0. The summed E-state index contributed by atoms with van der Waals surface area (Å²) in [5.41, 5.74) is -1.83. The van der Waals surface area contributed by atoms with Gasteiger partial charge >= 0.3 is 17.8 Å². The van der Waals surface area contributed by atoms with E-state index in [1.165, 1.54) is 6.08 Å². The molecule has 0 aromatic carbocycles. The van der Waals surface area contributed by atoms with Crippen molar-refractivity contribution in [2.24, 2.45) is 0 Å². The van der Waals surface area contributed by atoms with Gasteiger partial charge in [-0.2, -0.15) is 13.2 Å². The average molecular weight is 417 g/mol. The molecule has 12 heteroatoms. The van der Waals surface area contributed by atoms with E-state index >= 15 is 0 Å². The van der Waals surface area contributed by atoms with Gasteiger partial charge in [0.2, 0.25) is 0 Å². The molecule has 1 aliphatic heterocycles. The molecule has 0 bridgehead atoms. The van der Waals surface area contributed by atoms with E-state index in [0.29, 0.717) is 0 Å². The molecule has 1 amide bonds. The number of halogens is 3. The first-order chi connectivity index (χ1) is 13.7. The Labute approximate surface area is 162 Å². The molecule has 0 aliphatic carbocycles. The summed E-state index contributed by atoms with van der Waals surface area (Å²) in [6, 6.07) is -0.693. The normalized spacial score (nSPS) is 21.3. The molecule has 0 radical (unpaired) electrons. The Hall–Kier alpha value is -2.88. The van der Waals surface area contributed by atoms with Gasteiger partial charge in [0, 0.05) is 6.20 Å². The van der Waals surface area contributed by atoms with Crippen LogP contribution in [0.1, 0.15) is 11.6 Å². The quantitative estimate of drug-likeness (QED) is 0.406. The number of aromatic amines is 1. The monoisotopic (exact) mass is 417 g/mol. The maximum atomic E-state index is 12.2. The Kier molecular flexibility index (Phi) is 7.38. The van der Waals surface area contributed by atoms with Gasteiger partial charge in [-0.05, 0) is 0 Å². The summed E-state index contributed by atoms with van der Waals surface area (Å²) in [5.74, 6) is 2.37. The van der Waals surface area contributed by atoms with Crippen LogP contribution in [0.15, 0.2) is 28.4 Å². The Balaban J connectivity index is 2.24. The molecule has 3 atom stereocenters. The molecule has 1 aromatic rings. The van der Waals surface area contributed by atoms with Crippen LogP contribution in [0.4, 0.5) is 13.2 Å². The van der Waals surface area contributed by atoms with Gasteiger partial charge in [0.1, 0.15) is 17.8 Å². The largest absolute Gasteiger partial charge is 0.471 e. The number of ether oxygens (including phenoxy) is 2. The summed E-state index contributed by atoms with van der Waals surface area (Å²) in [4.78, 5) is 36.9. The van der Waals surface area contributed by atoms with Crippen molar-refractivity contribution in [3.8, 4) is 11.8 Å². The van der Waals surface area contributed by atoms with Crippen molar-refractivity contribution in [1.29, 1.82) is 0 Å². The lowest BCUT2D eigenvalue weighted by Gasteiger charge is -2.23. The minimum atomic E-state index is -5.04. The number of aliphatic hydroxyl groups is 1. The van der Waals surface area contributed by atoms with Gasteiger partial charge in [0.15, 0.2) is 0 Å². The topological polar surface area (TPSA) is 123 Å². The number of alkyl halides is 3. The number of hydrogen-bond donors (Lipinski definition) is 3. The molecular formula is C17H18F3N3O6. The first-order valence-electron chi connectivity index (χ1n) is 8.33. The van der Waals surface area contributed by atoms with Gasteiger partial charge in [-0.3, -0.25) is 19.1 Å². The van der Waals surface area contributed by atoms with Gasteiger partial charge in [0.05, 0.1) is 32.4 Å². The number of carbonyl (C=O) groups excluding carboxylic acids is 1. The van der Waals surface area contributed by atoms with Crippen molar-refractivity contribution >= 4 is 5.91 Å². The highest BCUT2D eigenvalue weighted by Gasteiger charge is 2.40. The van der Waals surface area contributed by atoms with Crippen LogP contribution >= 0.6 is 0 Å². The third-order valence-corrected chi connectivity index (χ3v) is 3.96. The number of nitrogens with zero attached hydrogens (tertiary/aromatic N) is 1. The molecule has 9 nitrogen and oxygen atoms in total. The standard InChI is InChI=1S/C17H18F3N3O6/c1-2-6-28-13-11(9-29-12(13)8-24)23-7-10(14(25)22-16(23)27)4-3-5-21-15(26)17(18,19)20/h2,7,11-13,24H,1,5-6,8-9H2,(H,21,26)(H,22,25,27). The van der Waals surface area contributed by atoms with Crippen LogP contribution < -0.4 is 16.6 Å². The van der Waals surface area contributed by atoms with Gasteiger partial charge < -0.3 is 19.9 Å². The first kappa shape index (κ1) is 22.4. The Bertz CT molecular complexity index is 927. The lowest BCUT2D eigenvalue weighted by Crippen LogP contribution is -2.40. The van der Waals surface area contributed by atoms with Crippen LogP contribution in [0.25, 0.3) is 0 Å². The van der Waals surface area contributed by atoms with Gasteiger partial charge in [-0.1, -0.05) is 17.9 Å². The van der Waals surface area contributed by atoms with E-state index < -0.39 is 48.1 Å². The zero-order valence-electron chi connectivity index (χ0n) is 15.0. The highest BCUT2D eigenvalue weighted by atomic mass is 19.4. The molecule has 2 rings (SSSR count). The molecule has 1 aromatic heterocycles. The molecule has 0 saturated carbocycles.